The zero-order chi connectivity index (χ0) is 11.1. The van der Waals surface area contributed by atoms with Gasteiger partial charge in [-0.3, -0.25) is 0 Å². The van der Waals surface area contributed by atoms with E-state index in [9.17, 15) is 0 Å². The molecule has 1 rings (SSSR count). The van der Waals surface area contributed by atoms with E-state index in [4.69, 9.17) is 9.47 Å². The van der Waals surface area contributed by atoms with Crippen molar-refractivity contribution in [3.63, 3.8) is 0 Å². The second-order valence-electron chi connectivity index (χ2n) is 3.08. The van der Waals surface area contributed by atoms with Crippen molar-refractivity contribution in [1.29, 1.82) is 0 Å². The summed E-state index contributed by atoms with van der Waals surface area (Å²) < 4.78 is 10.4. The summed E-state index contributed by atoms with van der Waals surface area (Å²) in [6, 6.07) is 1.73. The highest BCUT2D eigenvalue weighted by molar-refractivity contribution is 5.27. The van der Waals surface area contributed by atoms with Crippen LogP contribution in [0, 0.1) is 0 Å². The molecular weight excluding hydrogens is 194 g/mol. The summed E-state index contributed by atoms with van der Waals surface area (Å²) in [5, 5.41) is 3.07. The molecule has 1 atom stereocenters. The first-order valence-electron chi connectivity index (χ1n) is 4.98. The van der Waals surface area contributed by atoms with E-state index in [1.54, 1.807) is 19.4 Å². The van der Waals surface area contributed by atoms with E-state index in [1.165, 1.54) is 0 Å². The van der Waals surface area contributed by atoms with E-state index in [0.717, 1.165) is 0 Å². The molecule has 1 aromatic heterocycles. The molecule has 0 saturated heterocycles. The van der Waals surface area contributed by atoms with E-state index in [1.807, 2.05) is 13.8 Å². The Hall–Kier alpha value is -1.36. The Bertz CT molecular complexity index is 294. The van der Waals surface area contributed by atoms with Crippen LogP contribution in [0.15, 0.2) is 12.3 Å². The average Bonchev–Trinajstić information content (AvgIpc) is 2.27. The van der Waals surface area contributed by atoms with Crippen LogP contribution in [0.5, 0.6) is 5.88 Å². The maximum atomic E-state index is 5.26. The summed E-state index contributed by atoms with van der Waals surface area (Å²) in [4.78, 5) is 8.24. The number of nitrogens with one attached hydrogen (secondary N) is 1. The quantitative estimate of drug-likeness (QED) is 0.769. The summed E-state index contributed by atoms with van der Waals surface area (Å²) in [6.45, 7) is 5.17. The molecule has 1 N–H and O–H groups in total. The number of hydrogen-bond donors (Lipinski definition) is 1. The van der Waals surface area contributed by atoms with Gasteiger partial charge in [0, 0.05) is 25.9 Å². The normalized spacial score (nSPS) is 12.2. The summed E-state index contributed by atoms with van der Waals surface area (Å²) in [5.41, 5.74) is 0. The highest BCUT2D eigenvalue weighted by atomic mass is 16.5. The van der Waals surface area contributed by atoms with Gasteiger partial charge in [0.15, 0.2) is 0 Å². The van der Waals surface area contributed by atoms with Crippen LogP contribution in [-0.2, 0) is 4.74 Å². The van der Waals surface area contributed by atoms with Crippen molar-refractivity contribution in [1.82, 2.24) is 9.97 Å². The SMILES string of the molecule is CCOc1ccnc(NCC(C)OC)n1. The topological polar surface area (TPSA) is 56.3 Å². The minimum atomic E-state index is 0.129. The lowest BCUT2D eigenvalue weighted by Gasteiger charge is -2.10. The van der Waals surface area contributed by atoms with E-state index >= 15 is 0 Å². The van der Waals surface area contributed by atoms with Crippen LogP contribution in [-0.4, -0.2) is 36.3 Å². The lowest BCUT2D eigenvalue weighted by Crippen LogP contribution is -2.19. The lowest BCUT2D eigenvalue weighted by atomic mass is 10.4. The van der Waals surface area contributed by atoms with Crippen LogP contribution >= 0.6 is 0 Å². The van der Waals surface area contributed by atoms with E-state index in [2.05, 4.69) is 15.3 Å². The summed E-state index contributed by atoms with van der Waals surface area (Å²) in [5.74, 6) is 1.14. The molecule has 0 spiro atoms. The van der Waals surface area contributed by atoms with Crippen molar-refractivity contribution in [2.45, 2.75) is 20.0 Å². The maximum absolute atomic E-state index is 5.26. The standard InChI is InChI=1S/C10H17N3O2/c1-4-15-9-5-6-11-10(13-9)12-7-8(2)14-3/h5-6,8H,4,7H2,1-3H3,(H,11,12,13). The van der Waals surface area contributed by atoms with Crippen LogP contribution in [0.3, 0.4) is 0 Å². The molecule has 5 nitrogen and oxygen atoms in total. The Morgan fingerprint density at radius 1 is 1.53 bits per heavy atom. The smallest absolute Gasteiger partial charge is 0.226 e. The highest BCUT2D eigenvalue weighted by Gasteiger charge is 2.02. The first kappa shape index (κ1) is 11.7. The molecule has 84 valence electrons. The predicted octanol–water partition coefficient (Wildman–Crippen LogP) is 1.32. The van der Waals surface area contributed by atoms with Crippen molar-refractivity contribution in [3.05, 3.63) is 12.3 Å². The van der Waals surface area contributed by atoms with Gasteiger partial charge in [-0.15, -0.1) is 0 Å². The summed E-state index contributed by atoms with van der Waals surface area (Å²) >= 11 is 0. The molecule has 0 bridgehead atoms. The fourth-order valence-electron chi connectivity index (χ4n) is 0.974. The van der Waals surface area contributed by atoms with Crippen LogP contribution < -0.4 is 10.1 Å². The molecule has 0 amide bonds. The molecule has 1 aromatic rings. The monoisotopic (exact) mass is 211 g/mol. The second-order valence-corrected chi connectivity index (χ2v) is 3.08. The Labute approximate surface area is 89.8 Å². The first-order chi connectivity index (χ1) is 7.26. The molecule has 1 unspecified atom stereocenters. The molecule has 0 aromatic carbocycles. The molecule has 1 heterocycles. The average molecular weight is 211 g/mol. The van der Waals surface area contributed by atoms with Gasteiger partial charge in [0.05, 0.1) is 12.7 Å². The van der Waals surface area contributed by atoms with Gasteiger partial charge in [-0.2, -0.15) is 4.98 Å². The van der Waals surface area contributed by atoms with Crippen LogP contribution in [0.4, 0.5) is 5.95 Å². The third-order valence-electron chi connectivity index (χ3n) is 1.87. The van der Waals surface area contributed by atoms with Crippen LogP contribution in [0.1, 0.15) is 13.8 Å². The van der Waals surface area contributed by atoms with Gasteiger partial charge >= 0.3 is 0 Å². The number of rotatable bonds is 6. The van der Waals surface area contributed by atoms with Crippen molar-refractivity contribution in [2.24, 2.45) is 0 Å². The number of hydrogen-bond acceptors (Lipinski definition) is 5. The number of anilines is 1. The summed E-state index contributed by atoms with van der Waals surface area (Å²) in [6.07, 6.45) is 1.79. The lowest BCUT2D eigenvalue weighted by molar-refractivity contribution is 0.128. The highest BCUT2D eigenvalue weighted by Crippen LogP contribution is 2.07. The molecular formula is C10H17N3O2. The van der Waals surface area contributed by atoms with Crippen LogP contribution in [0.2, 0.25) is 0 Å². The molecule has 0 radical (unpaired) electrons. The number of aromatic nitrogens is 2. The van der Waals surface area contributed by atoms with Gasteiger partial charge in [0.1, 0.15) is 0 Å². The molecule has 0 fully saturated rings. The van der Waals surface area contributed by atoms with Crippen molar-refractivity contribution in [3.8, 4) is 5.88 Å². The van der Waals surface area contributed by atoms with Gasteiger partial charge < -0.3 is 14.8 Å². The van der Waals surface area contributed by atoms with Gasteiger partial charge in [-0.1, -0.05) is 0 Å². The zero-order valence-electron chi connectivity index (χ0n) is 9.36. The first-order valence-corrected chi connectivity index (χ1v) is 4.98. The molecule has 0 aliphatic rings. The Morgan fingerprint density at radius 3 is 3.00 bits per heavy atom. The van der Waals surface area contributed by atoms with Gasteiger partial charge in [0.25, 0.3) is 0 Å². The van der Waals surface area contributed by atoms with Crippen molar-refractivity contribution in [2.75, 3.05) is 25.6 Å². The van der Waals surface area contributed by atoms with Gasteiger partial charge in [0.2, 0.25) is 11.8 Å². The van der Waals surface area contributed by atoms with Crippen LogP contribution in [0.25, 0.3) is 0 Å². The minimum Gasteiger partial charge on any atom is -0.478 e. The fourth-order valence-corrected chi connectivity index (χ4v) is 0.974. The van der Waals surface area contributed by atoms with Crippen molar-refractivity contribution >= 4 is 5.95 Å². The third-order valence-corrected chi connectivity index (χ3v) is 1.87. The van der Waals surface area contributed by atoms with Gasteiger partial charge in [-0.25, -0.2) is 4.98 Å². The Kier molecular flexibility index (Phi) is 4.83. The van der Waals surface area contributed by atoms with E-state index < -0.39 is 0 Å². The third kappa shape index (κ3) is 4.12. The number of nitrogens with zero attached hydrogens (tertiary/aromatic N) is 2. The maximum Gasteiger partial charge on any atom is 0.226 e. The summed E-state index contributed by atoms with van der Waals surface area (Å²) in [7, 11) is 1.67. The Morgan fingerprint density at radius 2 is 2.33 bits per heavy atom. The molecule has 0 aliphatic heterocycles. The van der Waals surface area contributed by atoms with Crippen molar-refractivity contribution < 1.29 is 9.47 Å². The number of methoxy groups -OCH3 is 1. The molecule has 5 heteroatoms. The zero-order valence-corrected chi connectivity index (χ0v) is 9.36. The van der Waals surface area contributed by atoms with Gasteiger partial charge in [-0.05, 0) is 13.8 Å². The number of ether oxygens (including phenoxy) is 2. The molecule has 0 saturated carbocycles. The Balaban J connectivity index is 2.50. The molecule has 15 heavy (non-hydrogen) atoms. The second kappa shape index (κ2) is 6.19. The molecule has 0 aliphatic carbocycles. The van der Waals surface area contributed by atoms with E-state index in [-0.39, 0.29) is 6.10 Å². The van der Waals surface area contributed by atoms with E-state index in [0.29, 0.717) is 25.0 Å². The fraction of sp³-hybridized carbons (Fsp3) is 0.600. The largest absolute Gasteiger partial charge is 0.478 e. The predicted molar refractivity (Wildman–Crippen MR) is 58.2 cm³/mol. The minimum absolute atomic E-state index is 0.129.